The lowest BCUT2D eigenvalue weighted by Gasteiger charge is -2.23. The van der Waals surface area contributed by atoms with Crippen molar-refractivity contribution in [2.24, 2.45) is 0 Å². The smallest absolute Gasteiger partial charge is 0.263 e. The summed E-state index contributed by atoms with van der Waals surface area (Å²) in [5.41, 5.74) is 1.20. The van der Waals surface area contributed by atoms with E-state index in [0.29, 0.717) is 21.8 Å². The first-order chi connectivity index (χ1) is 10.4. The Hall–Kier alpha value is -2.10. The molecule has 1 atom stereocenters. The van der Waals surface area contributed by atoms with Crippen LogP contribution in [0.25, 0.3) is 5.57 Å². The van der Waals surface area contributed by atoms with Crippen molar-refractivity contribution in [3.05, 3.63) is 71.3 Å². The minimum atomic E-state index is -1.62. The Kier molecular flexibility index (Phi) is 3.55. The maximum absolute atomic E-state index is 12.6. The molecule has 1 N–H and O–H groups in total. The van der Waals surface area contributed by atoms with Crippen LogP contribution in [0.2, 0.25) is 5.02 Å². The second kappa shape index (κ2) is 5.27. The first-order valence-electron chi connectivity index (χ1n) is 6.97. The number of nitrogens with zero attached hydrogens (tertiary/aromatic N) is 1. The number of likely N-dealkylation sites (N-methyl/N-ethyl adjacent to an activating group) is 1. The third-order valence-corrected chi connectivity index (χ3v) is 4.31. The number of halogens is 1. The van der Waals surface area contributed by atoms with Crippen LogP contribution in [0.15, 0.2) is 55.1 Å². The number of benzene rings is 2. The molecule has 0 aliphatic carbocycles. The quantitative estimate of drug-likeness (QED) is 0.940. The Bertz CT molecular complexity index is 757. The van der Waals surface area contributed by atoms with Crippen LogP contribution in [0, 0.1) is 0 Å². The van der Waals surface area contributed by atoms with E-state index in [0.717, 1.165) is 5.56 Å². The summed E-state index contributed by atoms with van der Waals surface area (Å²) in [6.45, 7) is 4.02. The van der Waals surface area contributed by atoms with Crippen LogP contribution in [0.4, 0.5) is 5.69 Å². The fourth-order valence-electron chi connectivity index (χ4n) is 2.89. The molecule has 0 saturated carbocycles. The molecular formula is C18H16ClNO2. The summed E-state index contributed by atoms with van der Waals surface area (Å²) in [4.78, 5) is 14.0. The third-order valence-electron chi connectivity index (χ3n) is 4.08. The Balaban J connectivity index is 2.01. The highest BCUT2D eigenvalue weighted by atomic mass is 35.5. The van der Waals surface area contributed by atoms with E-state index in [9.17, 15) is 9.90 Å². The number of fused-ring (bicyclic) bond motifs is 1. The molecule has 2 aromatic rings. The molecule has 0 saturated heterocycles. The lowest BCUT2D eigenvalue weighted by atomic mass is 9.86. The van der Waals surface area contributed by atoms with Crippen LogP contribution < -0.4 is 4.90 Å². The highest BCUT2D eigenvalue weighted by Gasteiger charge is 2.48. The zero-order chi connectivity index (χ0) is 15.9. The number of carbonyl (C=O) groups is 1. The van der Waals surface area contributed by atoms with Gasteiger partial charge in [0.2, 0.25) is 0 Å². The van der Waals surface area contributed by atoms with E-state index in [-0.39, 0.29) is 12.3 Å². The van der Waals surface area contributed by atoms with Gasteiger partial charge in [0.05, 0.1) is 5.69 Å². The topological polar surface area (TPSA) is 40.5 Å². The van der Waals surface area contributed by atoms with Gasteiger partial charge in [0, 0.05) is 24.1 Å². The second-order valence-electron chi connectivity index (χ2n) is 5.53. The minimum absolute atomic E-state index is 0.132. The lowest BCUT2D eigenvalue weighted by Crippen LogP contribution is -2.38. The average Bonchev–Trinajstić information content (AvgIpc) is 2.70. The van der Waals surface area contributed by atoms with Gasteiger partial charge in [-0.2, -0.15) is 0 Å². The largest absolute Gasteiger partial charge is 0.375 e. The maximum atomic E-state index is 12.6. The molecule has 0 bridgehead atoms. The fourth-order valence-corrected chi connectivity index (χ4v) is 3.06. The van der Waals surface area contributed by atoms with Gasteiger partial charge in [0.15, 0.2) is 5.60 Å². The van der Waals surface area contributed by atoms with Gasteiger partial charge in [-0.1, -0.05) is 48.5 Å². The third kappa shape index (κ3) is 2.23. The monoisotopic (exact) mass is 313 g/mol. The molecule has 0 aromatic heterocycles. The first kappa shape index (κ1) is 14.8. The summed E-state index contributed by atoms with van der Waals surface area (Å²) in [5, 5.41) is 11.5. The molecule has 0 spiro atoms. The molecule has 3 nitrogen and oxygen atoms in total. The zero-order valence-corrected chi connectivity index (χ0v) is 13.0. The molecule has 1 aliphatic heterocycles. The van der Waals surface area contributed by atoms with Crippen LogP contribution in [0.3, 0.4) is 0 Å². The lowest BCUT2D eigenvalue weighted by molar-refractivity contribution is -0.135. The molecule has 0 radical (unpaired) electrons. The molecule has 4 heteroatoms. The Morgan fingerprint density at radius 3 is 2.64 bits per heavy atom. The Morgan fingerprint density at radius 2 is 1.95 bits per heavy atom. The van der Waals surface area contributed by atoms with E-state index in [2.05, 4.69) is 6.58 Å². The van der Waals surface area contributed by atoms with Crippen LogP contribution >= 0.6 is 11.6 Å². The number of hydrogen-bond donors (Lipinski definition) is 1. The Labute approximate surface area is 134 Å². The van der Waals surface area contributed by atoms with Crippen molar-refractivity contribution in [3.63, 3.8) is 0 Å². The van der Waals surface area contributed by atoms with Gasteiger partial charge >= 0.3 is 0 Å². The van der Waals surface area contributed by atoms with Crippen LogP contribution in [0.1, 0.15) is 17.5 Å². The van der Waals surface area contributed by atoms with Crippen molar-refractivity contribution in [2.75, 3.05) is 11.9 Å². The number of amides is 1. The van der Waals surface area contributed by atoms with Gasteiger partial charge in [0.25, 0.3) is 5.91 Å². The maximum Gasteiger partial charge on any atom is 0.263 e. The van der Waals surface area contributed by atoms with E-state index in [1.165, 1.54) is 4.90 Å². The Morgan fingerprint density at radius 1 is 1.27 bits per heavy atom. The van der Waals surface area contributed by atoms with Gasteiger partial charge in [0.1, 0.15) is 0 Å². The summed E-state index contributed by atoms with van der Waals surface area (Å²) in [6, 6.07) is 14.6. The zero-order valence-electron chi connectivity index (χ0n) is 12.2. The summed E-state index contributed by atoms with van der Waals surface area (Å²) >= 11 is 6.04. The highest BCUT2D eigenvalue weighted by molar-refractivity contribution is 6.31. The molecule has 0 unspecified atom stereocenters. The van der Waals surface area contributed by atoms with E-state index in [4.69, 9.17) is 11.6 Å². The van der Waals surface area contributed by atoms with Crippen molar-refractivity contribution in [3.8, 4) is 0 Å². The molecule has 3 rings (SSSR count). The van der Waals surface area contributed by atoms with Crippen LogP contribution in [0.5, 0.6) is 0 Å². The van der Waals surface area contributed by atoms with Crippen molar-refractivity contribution in [1.82, 2.24) is 0 Å². The minimum Gasteiger partial charge on any atom is -0.375 e. The van der Waals surface area contributed by atoms with Crippen molar-refractivity contribution in [1.29, 1.82) is 0 Å². The second-order valence-corrected chi connectivity index (χ2v) is 5.97. The fraction of sp³-hybridized carbons (Fsp3) is 0.167. The summed E-state index contributed by atoms with van der Waals surface area (Å²) in [5.74, 6) is -0.359. The first-order valence-corrected chi connectivity index (χ1v) is 7.35. The van der Waals surface area contributed by atoms with Crippen molar-refractivity contribution >= 4 is 28.8 Å². The van der Waals surface area contributed by atoms with Gasteiger partial charge in [-0.05, 0) is 29.3 Å². The van der Waals surface area contributed by atoms with Crippen molar-refractivity contribution < 1.29 is 9.90 Å². The predicted octanol–water partition coefficient (Wildman–Crippen LogP) is 3.61. The SMILES string of the molecule is C=C(C[C@]1(O)C(=O)N(C)c2ccc(Cl)cc21)c1ccccc1. The van der Waals surface area contributed by atoms with E-state index < -0.39 is 5.60 Å². The molecule has 1 heterocycles. The van der Waals surface area contributed by atoms with Crippen molar-refractivity contribution in [2.45, 2.75) is 12.0 Å². The van der Waals surface area contributed by atoms with Gasteiger partial charge in [-0.25, -0.2) is 0 Å². The van der Waals surface area contributed by atoms with E-state index in [1.54, 1.807) is 25.2 Å². The summed E-state index contributed by atoms with van der Waals surface area (Å²) < 4.78 is 0. The molecule has 1 amide bonds. The van der Waals surface area contributed by atoms with Gasteiger partial charge in [-0.15, -0.1) is 0 Å². The number of aliphatic hydroxyl groups is 1. The van der Waals surface area contributed by atoms with Crippen LogP contribution in [-0.2, 0) is 10.4 Å². The standard InChI is InChI=1S/C18H16ClNO2/c1-12(13-6-4-3-5-7-13)11-18(22)15-10-14(19)8-9-16(15)20(2)17(18)21/h3-10,22H,1,11H2,2H3/t18-/m1/s1. The molecule has 2 aromatic carbocycles. The van der Waals surface area contributed by atoms with Gasteiger partial charge < -0.3 is 10.0 Å². The number of anilines is 1. The average molecular weight is 314 g/mol. The number of carbonyl (C=O) groups excluding carboxylic acids is 1. The normalized spacial score (nSPS) is 20.1. The molecule has 112 valence electrons. The molecule has 22 heavy (non-hydrogen) atoms. The number of rotatable bonds is 3. The van der Waals surface area contributed by atoms with Gasteiger partial charge in [-0.3, -0.25) is 4.79 Å². The number of hydrogen-bond acceptors (Lipinski definition) is 2. The van der Waals surface area contributed by atoms with Crippen LogP contribution in [-0.4, -0.2) is 18.1 Å². The van der Waals surface area contributed by atoms with E-state index >= 15 is 0 Å². The van der Waals surface area contributed by atoms with E-state index in [1.807, 2.05) is 30.3 Å². The summed E-state index contributed by atoms with van der Waals surface area (Å²) in [6.07, 6.45) is 0.132. The highest BCUT2D eigenvalue weighted by Crippen LogP contribution is 2.45. The summed E-state index contributed by atoms with van der Waals surface area (Å²) in [7, 11) is 1.65. The predicted molar refractivity (Wildman–Crippen MR) is 88.9 cm³/mol. The molecule has 1 aliphatic rings. The molecular weight excluding hydrogens is 298 g/mol. The molecule has 0 fully saturated rings.